The molecule has 3 N–H and O–H groups in total. The lowest BCUT2D eigenvalue weighted by Gasteiger charge is -2.18. The first kappa shape index (κ1) is 12.4. The maximum Gasteiger partial charge on any atom is 0.233 e. The summed E-state index contributed by atoms with van der Waals surface area (Å²) in [5.74, 6) is 0.392. The molecule has 0 aromatic carbocycles. The summed E-state index contributed by atoms with van der Waals surface area (Å²) in [6.07, 6.45) is 3.14. The molecular weight excluding hydrogens is 206 g/mol. The normalized spacial score (nSPS) is 10.4. The number of hydrogen-bond acceptors (Lipinski definition) is 5. The number of aromatic nitrogens is 2. The van der Waals surface area contributed by atoms with Crippen LogP contribution >= 0.6 is 0 Å². The van der Waals surface area contributed by atoms with Gasteiger partial charge in [0, 0.05) is 13.6 Å². The van der Waals surface area contributed by atoms with Crippen molar-refractivity contribution < 1.29 is 4.79 Å². The van der Waals surface area contributed by atoms with Gasteiger partial charge in [-0.05, 0) is 6.54 Å². The number of carbonyl (C=O) groups is 1. The standard InChI is InChI=1S/C10H17N5O/c1-3-15(7-10(16)12-2)6-8-4-14-9(11)5-13-8/h4-5H,3,6-7H2,1-2H3,(H2,11,14)(H,12,16). The largest absolute Gasteiger partial charge is 0.382 e. The Morgan fingerprint density at radius 1 is 1.50 bits per heavy atom. The molecule has 0 spiro atoms. The fourth-order valence-corrected chi connectivity index (χ4v) is 1.24. The third-order valence-corrected chi connectivity index (χ3v) is 2.20. The molecule has 16 heavy (non-hydrogen) atoms. The molecule has 0 bridgehead atoms. The monoisotopic (exact) mass is 223 g/mol. The van der Waals surface area contributed by atoms with E-state index in [1.54, 1.807) is 13.2 Å². The summed E-state index contributed by atoms with van der Waals surface area (Å²) in [5.41, 5.74) is 6.25. The number of carbonyl (C=O) groups excluding carboxylic acids is 1. The number of anilines is 1. The lowest BCUT2D eigenvalue weighted by Crippen LogP contribution is -2.35. The molecular formula is C10H17N5O. The van der Waals surface area contributed by atoms with Crippen LogP contribution in [0.4, 0.5) is 5.82 Å². The van der Waals surface area contributed by atoms with E-state index in [0.717, 1.165) is 12.2 Å². The number of rotatable bonds is 5. The van der Waals surface area contributed by atoms with Gasteiger partial charge in [-0.3, -0.25) is 14.7 Å². The van der Waals surface area contributed by atoms with Crippen molar-refractivity contribution in [2.45, 2.75) is 13.5 Å². The van der Waals surface area contributed by atoms with Crippen LogP contribution in [0.15, 0.2) is 12.4 Å². The second kappa shape index (κ2) is 6.02. The molecule has 1 aromatic heterocycles. The predicted octanol–water partition coefficient (Wildman–Crippen LogP) is -0.373. The van der Waals surface area contributed by atoms with Gasteiger partial charge >= 0.3 is 0 Å². The molecule has 0 unspecified atom stereocenters. The number of nitrogens with zero attached hydrogens (tertiary/aromatic N) is 3. The van der Waals surface area contributed by atoms with Gasteiger partial charge in [0.1, 0.15) is 5.82 Å². The Kier molecular flexibility index (Phi) is 4.65. The topological polar surface area (TPSA) is 84.1 Å². The highest BCUT2D eigenvalue weighted by molar-refractivity contribution is 5.77. The molecule has 88 valence electrons. The van der Waals surface area contributed by atoms with E-state index in [0.29, 0.717) is 18.9 Å². The van der Waals surface area contributed by atoms with E-state index in [1.165, 1.54) is 6.20 Å². The second-order valence-electron chi connectivity index (χ2n) is 3.41. The summed E-state index contributed by atoms with van der Waals surface area (Å²) in [5, 5.41) is 2.59. The smallest absolute Gasteiger partial charge is 0.233 e. The van der Waals surface area contributed by atoms with Gasteiger partial charge in [0.25, 0.3) is 0 Å². The van der Waals surface area contributed by atoms with Gasteiger partial charge in [-0.15, -0.1) is 0 Å². The molecule has 1 aromatic rings. The zero-order chi connectivity index (χ0) is 12.0. The molecule has 0 aliphatic heterocycles. The number of nitrogen functional groups attached to an aromatic ring is 1. The first-order valence-corrected chi connectivity index (χ1v) is 5.15. The maximum atomic E-state index is 11.2. The maximum absolute atomic E-state index is 11.2. The van der Waals surface area contributed by atoms with Crippen LogP contribution in [0.5, 0.6) is 0 Å². The highest BCUT2D eigenvalue weighted by Gasteiger charge is 2.08. The summed E-state index contributed by atoms with van der Waals surface area (Å²) in [6, 6.07) is 0. The number of amides is 1. The van der Waals surface area contributed by atoms with E-state index in [1.807, 2.05) is 11.8 Å². The van der Waals surface area contributed by atoms with Gasteiger partial charge in [0.05, 0.1) is 24.6 Å². The van der Waals surface area contributed by atoms with Crippen LogP contribution in [0.3, 0.4) is 0 Å². The zero-order valence-electron chi connectivity index (χ0n) is 9.60. The van der Waals surface area contributed by atoms with E-state index < -0.39 is 0 Å². The molecule has 0 fully saturated rings. The fraction of sp³-hybridized carbons (Fsp3) is 0.500. The van der Waals surface area contributed by atoms with E-state index in [-0.39, 0.29) is 5.91 Å². The molecule has 0 aliphatic carbocycles. The van der Waals surface area contributed by atoms with Crippen LogP contribution in [0.1, 0.15) is 12.6 Å². The minimum Gasteiger partial charge on any atom is -0.382 e. The molecule has 0 radical (unpaired) electrons. The van der Waals surface area contributed by atoms with Gasteiger partial charge in [0.2, 0.25) is 5.91 Å². The summed E-state index contributed by atoms with van der Waals surface area (Å²) < 4.78 is 0. The van der Waals surface area contributed by atoms with Gasteiger partial charge in [-0.1, -0.05) is 6.92 Å². The molecule has 0 saturated heterocycles. The Hall–Kier alpha value is -1.69. The van der Waals surface area contributed by atoms with Crippen LogP contribution in [0, 0.1) is 0 Å². The van der Waals surface area contributed by atoms with Gasteiger partial charge in [-0.2, -0.15) is 0 Å². The second-order valence-corrected chi connectivity index (χ2v) is 3.41. The quantitative estimate of drug-likeness (QED) is 0.711. The fourth-order valence-electron chi connectivity index (χ4n) is 1.24. The van der Waals surface area contributed by atoms with E-state index >= 15 is 0 Å². The van der Waals surface area contributed by atoms with E-state index in [4.69, 9.17) is 5.73 Å². The van der Waals surface area contributed by atoms with Crippen molar-refractivity contribution in [1.82, 2.24) is 20.2 Å². The van der Waals surface area contributed by atoms with Crippen LogP contribution in [-0.2, 0) is 11.3 Å². The Balaban J connectivity index is 2.56. The predicted molar refractivity (Wildman–Crippen MR) is 61.5 cm³/mol. The van der Waals surface area contributed by atoms with Crippen molar-refractivity contribution in [2.24, 2.45) is 0 Å². The van der Waals surface area contributed by atoms with Crippen LogP contribution in [0.2, 0.25) is 0 Å². The van der Waals surface area contributed by atoms with Crippen LogP contribution in [-0.4, -0.2) is 40.9 Å². The average Bonchev–Trinajstić information content (AvgIpc) is 2.30. The van der Waals surface area contributed by atoms with Gasteiger partial charge in [-0.25, -0.2) is 4.98 Å². The molecule has 1 heterocycles. The van der Waals surface area contributed by atoms with Crippen LogP contribution < -0.4 is 11.1 Å². The lowest BCUT2D eigenvalue weighted by atomic mass is 10.3. The Morgan fingerprint density at radius 2 is 2.25 bits per heavy atom. The first-order valence-electron chi connectivity index (χ1n) is 5.15. The highest BCUT2D eigenvalue weighted by Crippen LogP contribution is 2.01. The summed E-state index contributed by atoms with van der Waals surface area (Å²) in [4.78, 5) is 21.3. The van der Waals surface area contributed by atoms with E-state index in [9.17, 15) is 4.79 Å². The summed E-state index contributed by atoms with van der Waals surface area (Å²) >= 11 is 0. The summed E-state index contributed by atoms with van der Waals surface area (Å²) in [6.45, 7) is 3.73. The minimum absolute atomic E-state index is 0.00902. The van der Waals surface area contributed by atoms with Crippen LogP contribution in [0.25, 0.3) is 0 Å². The number of nitrogens with one attached hydrogen (secondary N) is 1. The average molecular weight is 223 g/mol. The zero-order valence-corrected chi connectivity index (χ0v) is 9.60. The molecule has 0 saturated carbocycles. The van der Waals surface area contributed by atoms with Gasteiger partial charge < -0.3 is 11.1 Å². The van der Waals surface area contributed by atoms with E-state index in [2.05, 4.69) is 15.3 Å². The molecule has 6 heteroatoms. The SMILES string of the molecule is CCN(CC(=O)NC)Cc1cnc(N)cn1. The van der Waals surface area contributed by atoms with Crippen molar-refractivity contribution in [3.05, 3.63) is 18.1 Å². The van der Waals surface area contributed by atoms with Crippen molar-refractivity contribution in [3.8, 4) is 0 Å². The van der Waals surface area contributed by atoms with Crippen molar-refractivity contribution in [1.29, 1.82) is 0 Å². The summed E-state index contributed by atoms with van der Waals surface area (Å²) in [7, 11) is 1.62. The van der Waals surface area contributed by atoms with Gasteiger partial charge in [0.15, 0.2) is 0 Å². The highest BCUT2D eigenvalue weighted by atomic mass is 16.1. The molecule has 0 aliphatic rings. The number of nitrogens with two attached hydrogens (primary N) is 1. The third-order valence-electron chi connectivity index (χ3n) is 2.20. The Labute approximate surface area is 94.9 Å². The Bertz CT molecular complexity index is 338. The van der Waals surface area contributed by atoms with Crippen molar-refractivity contribution in [2.75, 3.05) is 25.9 Å². The lowest BCUT2D eigenvalue weighted by molar-refractivity contribution is -0.121. The first-order chi connectivity index (χ1) is 7.65. The molecule has 1 amide bonds. The van der Waals surface area contributed by atoms with Crippen molar-refractivity contribution >= 4 is 11.7 Å². The molecule has 0 atom stereocenters. The minimum atomic E-state index is -0.00902. The Morgan fingerprint density at radius 3 is 2.75 bits per heavy atom. The molecule has 6 nitrogen and oxygen atoms in total. The number of likely N-dealkylation sites (N-methyl/N-ethyl adjacent to an activating group) is 2. The molecule has 1 rings (SSSR count). The number of hydrogen-bond donors (Lipinski definition) is 2. The third kappa shape index (κ3) is 3.82. The van der Waals surface area contributed by atoms with Crippen molar-refractivity contribution in [3.63, 3.8) is 0 Å².